The van der Waals surface area contributed by atoms with E-state index in [0.717, 1.165) is 38.4 Å². The van der Waals surface area contributed by atoms with Crippen molar-refractivity contribution in [1.29, 1.82) is 0 Å². The first kappa shape index (κ1) is 20.0. The molecule has 0 aromatic carbocycles. The maximum atomic E-state index is 11.6. The zero-order valence-electron chi connectivity index (χ0n) is 12.4. The predicted molar refractivity (Wildman–Crippen MR) is 87.8 cm³/mol. The number of nitrogens with zero attached hydrogens (tertiary/aromatic N) is 1. The molecule has 2 aliphatic carbocycles. The minimum absolute atomic E-state index is 0. The molecular formula is C14H29Cl2N3O. The lowest BCUT2D eigenvalue weighted by atomic mass is 9.94. The summed E-state index contributed by atoms with van der Waals surface area (Å²) in [5.74, 6) is 0.0443. The van der Waals surface area contributed by atoms with Gasteiger partial charge in [-0.1, -0.05) is 19.3 Å². The van der Waals surface area contributed by atoms with Crippen LogP contribution in [0.3, 0.4) is 0 Å². The van der Waals surface area contributed by atoms with Crippen LogP contribution in [-0.4, -0.2) is 42.5 Å². The van der Waals surface area contributed by atoms with Crippen LogP contribution in [0.15, 0.2) is 0 Å². The minimum atomic E-state index is -0.519. The Balaban J connectivity index is 0.00000180. The van der Waals surface area contributed by atoms with Crippen molar-refractivity contribution < 1.29 is 4.79 Å². The first-order valence-electron chi connectivity index (χ1n) is 7.39. The summed E-state index contributed by atoms with van der Waals surface area (Å²) in [7, 11) is 2.21. The van der Waals surface area contributed by atoms with Crippen LogP contribution < -0.4 is 11.1 Å². The highest BCUT2D eigenvalue weighted by atomic mass is 35.5. The fourth-order valence-corrected chi connectivity index (χ4v) is 2.77. The van der Waals surface area contributed by atoms with E-state index in [-0.39, 0.29) is 30.7 Å². The molecule has 2 fully saturated rings. The standard InChI is InChI=1S/C14H27N3O.2ClH/c1-17(12-6-3-2-4-7-12)11-5-10-16-13(18)14(15)8-9-14;;/h12H,2-11,15H2,1H3,(H,16,18);2*1H. The van der Waals surface area contributed by atoms with Crippen molar-refractivity contribution in [3.05, 3.63) is 0 Å². The van der Waals surface area contributed by atoms with Crippen LogP contribution in [0.25, 0.3) is 0 Å². The van der Waals surface area contributed by atoms with E-state index in [9.17, 15) is 4.79 Å². The Morgan fingerprint density at radius 1 is 1.25 bits per heavy atom. The molecule has 2 aliphatic rings. The van der Waals surface area contributed by atoms with Crippen molar-refractivity contribution in [1.82, 2.24) is 10.2 Å². The number of carbonyl (C=O) groups is 1. The van der Waals surface area contributed by atoms with E-state index in [0.29, 0.717) is 0 Å². The van der Waals surface area contributed by atoms with E-state index in [4.69, 9.17) is 5.73 Å². The van der Waals surface area contributed by atoms with Gasteiger partial charge in [0, 0.05) is 12.6 Å². The van der Waals surface area contributed by atoms with Crippen molar-refractivity contribution in [2.24, 2.45) is 5.73 Å². The van der Waals surface area contributed by atoms with Gasteiger partial charge in [0.1, 0.15) is 0 Å². The van der Waals surface area contributed by atoms with Crippen molar-refractivity contribution in [2.45, 2.75) is 62.9 Å². The molecule has 0 bridgehead atoms. The van der Waals surface area contributed by atoms with E-state index in [1.165, 1.54) is 32.1 Å². The molecule has 0 aromatic heterocycles. The second-order valence-corrected chi connectivity index (χ2v) is 6.04. The molecule has 0 radical (unpaired) electrons. The molecule has 4 nitrogen and oxygen atoms in total. The summed E-state index contributed by atoms with van der Waals surface area (Å²) in [6, 6.07) is 0.763. The van der Waals surface area contributed by atoms with Gasteiger partial charge in [-0.25, -0.2) is 0 Å². The summed E-state index contributed by atoms with van der Waals surface area (Å²) in [6.07, 6.45) is 9.56. The van der Waals surface area contributed by atoms with Crippen LogP contribution in [0.1, 0.15) is 51.4 Å². The van der Waals surface area contributed by atoms with Crippen LogP contribution in [0.5, 0.6) is 0 Å². The SMILES string of the molecule is CN(CCCNC(=O)C1(N)CC1)C1CCCCC1.Cl.Cl. The van der Waals surface area contributed by atoms with Crippen LogP contribution in [0.4, 0.5) is 0 Å². The summed E-state index contributed by atoms with van der Waals surface area (Å²) < 4.78 is 0. The molecule has 3 N–H and O–H groups in total. The van der Waals surface area contributed by atoms with Gasteiger partial charge in [-0.3, -0.25) is 4.79 Å². The van der Waals surface area contributed by atoms with Crippen LogP contribution in [0.2, 0.25) is 0 Å². The number of carbonyl (C=O) groups excluding carboxylic acids is 1. The Morgan fingerprint density at radius 3 is 2.40 bits per heavy atom. The number of amides is 1. The Labute approximate surface area is 135 Å². The molecule has 120 valence electrons. The molecule has 0 aromatic rings. The van der Waals surface area contributed by atoms with Gasteiger partial charge in [0.15, 0.2) is 0 Å². The largest absolute Gasteiger partial charge is 0.354 e. The number of nitrogens with two attached hydrogens (primary N) is 1. The first-order chi connectivity index (χ1) is 8.62. The Morgan fingerprint density at radius 2 is 1.85 bits per heavy atom. The van der Waals surface area contributed by atoms with Crippen LogP contribution in [-0.2, 0) is 4.79 Å². The van der Waals surface area contributed by atoms with Gasteiger partial charge in [0.25, 0.3) is 0 Å². The van der Waals surface area contributed by atoms with E-state index >= 15 is 0 Å². The average Bonchev–Trinajstić information content (AvgIpc) is 3.14. The van der Waals surface area contributed by atoms with Crippen molar-refractivity contribution in [3.63, 3.8) is 0 Å². The highest BCUT2D eigenvalue weighted by Crippen LogP contribution is 2.32. The van der Waals surface area contributed by atoms with Gasteiger partial charge in [-0.05, 0) is 45.7 Å². The lowest BCUT2D eigenvalue weighted by molar-refractivity contribution is -0.123. The molecule has 6 heteroatoms. The second-order valence-electron chi connectivity index (χ2n) is 6.04. The summed E-state index contributed by atoms with van der Waals surface area (Å²) >= 11 is 0. The first-order valence-corrected chi connectivity index (χ1v) is 7.39. The van der Waals surface area contributed by atoms with Gasteiger partial charge in [0.05, 0.1) is 5.54 Å². The number of hydrogen-bond acceptors (Lipinski definition) is 3. The highest BCUT2D eigenvalue weighted by Gasteiger charge is 2.45. The van der Waals surface area contributed by atoms with Crippen LogP contribution in [0, 0.1) is 0 Å². The second kappa shape index (κ2) is 9.08. The molecule has 0 unspecified atom stereocenters. The zero-order chi connectivity index (χ0) is 13.0. The Hall–Kier alpha value is -0.0300. The summed E-state index contributed by atoms with van der Waals surface area (Å²) in [5.41, 5.74) is 5.31. The molecule has 0 spiro atoms. The number of halogens is 2. The summed E-state index contributed by atoms with van der Waals surface area (Å²) in [6.45, 7) is 1.83. The number of rotatable bonds is 6. The van der Waals surface area contributed by atoms with Gasteiger partial charge in [-0.15, -0.1) is 24.8 Å². The predicted octanol–water partition coefficient (Wildman–Crippen LogP) is 2.09. The molecule has 0 heterocycles. The highest BCUT2D eigenvalue weighted by molar-refractivity contribution is 5.88. The molecule has 20 heavy (non-hydrogen) atoms. The van der Waals surface area contributed by atoms with Gasteiger partial charge in [-0.2, -0.15) is 0 Å². The van der Waals surface area contributed by atoms with Crippen molar-refractivity contribution in [3.8, 4) is 0 Å². The van der Waals surface area contributed by atoms with Crippen molar-refractivity contribution in [2.75, 3.05) is 20.1 Å². The molecule has 2 rings (SSSR count). The van der Waals surface area contributed by atoms with Gasteiger partial charge in [0.2, 0.25) is 5.91 Å². The van der Waals surface area contributed by atoms with E-state index in [1.807, 2.05) is 0 Å². The summed E-state index contributed by atoms with van der Waals surface area (Å²) in [5, 5.41) is 2.95. The van der Waals surface area contributed by atoms with E-state index < -0.39 is 5.54 Å². The van der Waals surface area contributed by atoms with Crippen molar-refractivity contribution >= 4 is 30.7 Å². The lowest BCUT2D eigenvalue weighted by Crippen LogP contribution is -2.43. The van der Waals surface area contributed by atoms with Gasteiger partial charge < -0.3 is 16.0 Å². The average molecular weight is 326 g/mol. The monoisotopic (exact) mass is 325 g/mol. The van der Waals surface area contributed by atoms with E-state index in [2.05, 4.69) is 17.3 Å². The zero-order valence-corrected chi connectivity index (χ0v) is 14.0. The third-order valence-corrected chi connectivity index (χ3v) is 4.41. The molecule has 2 saturated carbocycles. The van der Waals surface area contributed by atoms with Gasteiger partial charge >= 0.3 is 0 Å². The fraction of sp³-hybridized carbons (Fsp3) is 0.929. The Kier molecular flexibility index (Phi) is 9.07. The third kappa shape index (κ3) is 5.76. The smallest absolute Gasteiger partial charge is 0.240 e. The molecular weight excluding hydrogens is 297 g/mol. The normalized spacial score (nSPS) is 20.8. The lowest BCUT2D eigenvalue weighted by Gasteiger charge is -2.31. The van der Waals surface area contributed by atoms with E-state index in [1.54, 1.807) is 0 Å². The summed E-state index contributed by atoms with van der Waals surface area (Å²) in [4.78, 5) is 14.1. The topological polar surface area (TPSA) is 58.4 Å². The quantitative estimate of drug-likeness (QED) is 0.735. The molecule has 0 saturated heterocycles. The Bertz CT molecular complexity index is 292. The number of nitrogens with one attached hydrogen (secondary N) is 1. The van der Waals surface area contributed by atoms with Crippen LogP contribution >= 0.6 is 24.8 Å². The minimum Gasteiger partial charge on any atom is -0.354 e. The molecule has 0 atom stereocenters. The number of hydrogen-bond donors (Lipinski definition) is 2. The molecule has 1 amide bonds. The maximum absolute atomic E-state index is 11.6. The molecule has 0 aliphatic heterocycles. The fourth-order valence-electron chi connectivity index (χ4n) is 2.77. The third-order valence-electron chi connectivity index (χ3n) is 4.41. The maximum Gasteiger partial charge on any atom is 0.240 e.